The first-order valence-corrected chi connectivity index (χ1v) is 6.26. The van der Waals surface area contributed by atoms with E-state index in [1.165, 1.54) is 12.3 Å². The lowest BCUT2D eigenvalue weighted by molar-refractivity contribution is 0.412. The van der Waals surface area contributed by atoms with Gasteiger partial charge in [0.05, 0.1) is 12.1 Å². The van der Waals surface area contributed by atoms with Crippen LogP contribution in [0.25, 0.3) is 0 Å². The highest BCUT2D eigenvalue weighted by molar-refractivity contribution is 9.10. The highest BCUT2D eigenvalue weighted by atomic mass is 79.9. The Balaban J connectivity index is 2.40. The topological polar surface area (TPSA) is 22.1 Å². The maximum Gasteiger partial charge on any atom is 0.201 e. The van der Waals surface area contributed by atoms with Crippen LogP contribution in [0.1, 0.15) is 5.56 Å². The van der Waals surface area contributed by atoms with Crippen molar-refractivity contribution in [2.45, 2.75) is 5.88 Å². The number of rotatable bonds is 3. The van der Waals surface area contributed by atoms with E-state index in [4.69, 9.17) is 16.3 Å². The van der Waals surface area contributed by atoms with Gasteiger partial charge in [-0.05, 0) is 18.2 Å². The SMILES string of the molecule is Fc1cc(Br)cc(Oc2cnccc2CCl)c1F. The van der Waals surface area contributed by atoms with Crippen molar-refractivity contribution in [2.75, 3.05) is 0 Å². The third-order valence-electron chi connectivity index (χ3n) is 2.19. The molecule has 0 bridgehead atoms. The van der Waals surface area contributed by atoms with Gasteiger partial charge in [-0.2, -0.15) is 4.39 Å². The van der Waals surface area contributed by atoms with Crippen molar-refractivity contribution in [2.24, 2.45) is 0 Å². The molecule has 6 heteroatoms. The predicted octanol–water partition coefficient (Wildman–Crippen LogP) is 4.65. The molecule has 2 aromatic rings. The average molecular weight is 335 g/mol. The van der Waals surface area contributed by atoms with Crippen molar-refractivity contribution in [1.82, 2.24) is 4.98 Å². The molecule has 0 fully saturated rings. The van der Waals surface area contributed by atoms with E-state index in [0.717, 1.165) is 6.07 Å². The van der Waals surface area contributed by atoms with Crippen LogP contribution >= 0.6 is 27.5 Å². The summed E-state index contributed by atoms with van der Waals surface area (Å²) < 4.78 is 32.4. The van der Waals surface area contributed by atoms with Crippen LogP contribution in [0.15, 0.2) is 35.1 Å². The van der Waals surface area contributed by atoms with Crippen LogP contribution in [0.4, 0.5) is 8.78 Å². The Morgan fingerprint density at radius 1 is 1.28 bits per heavy atom. The van der Waals surface area contributed by atoms with Gasteiger partial charge in [0.25, 0.3) is 0 Å². The zero-order valence-electron chi connectivity index (χ0n) is 8.96. The number of pyridine rings is 1. The van der Waals surface area contributed by atoms with Crippen LogP contribution in [0.5, 0.6) is 11.5 Å². The lowest BCUT2D eigenvalue weighted by Gasteiger charge is -2.10. The monoisotopic (exact) mass is 333 g/mol. The number of alkyl halides is 1. The van der Waals surface area contributed by atoms with E-state index in [9.17, 15) is 8.78 Å². The molecular formula is C12H7BrClF2NO. The first-order valence-electron chi connectivity index (χ1n) is 4.93. The average Bonchev–Trinajstić information content (AvgIpc) is 2.36. The number of ether oxygens (including phenoxy) is 1. The molecule has 1 aromatic heterocycles. The summed E-state index contributed by atoms with van der Waals surface area (Å²) in [4.78, 5) is 3.85. The Kier molecular flexibility index (Phi) is 4.14. The van der Waals surface area contributed by atoms with E-state index in [1.807, 2.05) is 0 Å². The molecule has 0 saturated carbocycles. The minimum atomic E-state index is -1.05. The lowest BCUT2D eigenvalue weighted by Crippen LogP contribution is -1.95. The van der Waals surface area contributed by atoms with Gasteiger partial charge in [0, 0.05) is 16.2 Å². The molecule has 0 aliphatic rings. The number of nitrogens with zero attached hydrogens (tertiary/aromatic N) is 1. The molecule has 0 aliphatic heterocycles. The van der Waals surface area contributed by atoms with Crippen LogP contribution < -0.4 is 4.74 Å². The van der Waals surface area contributed by atoms with E-state index in [2.05, 4.69) is 20.9 Å². The van der Waals surface area contributed by atoms with Gasteiger partial charge in [-0.1, -0.05) is 15.9 Å². The molecule has 0 atom stereocenters. The molecular weight excluding hydrogens is 327 g/mol. The number of halogens is 4. The van der Waals surface area contributed by atoms with Crippen molar-refractivity contribution < 1.29 is 13.5 Å². The molecule has 2 rings (SSSR count). The Bertz CT molecular complexity index is 580. The molecule has 0 spiro atoms. The fourth-order valence-electron chi connectivity index (χ4n) is 1.34. The molecule has 1 heterocycles. The minimum Gasteiger partial charge on any atom is -0.452 e. The van der Waals surface area contributed by atoms with Crippen molar-refractivity contribution in [3.05, 3.63) is 52.3 Å². The zero-order valence-corrected chi connectivity index (χ0v) is 11.3. The van der Waals surface area contributed by atoms with Gasteiger partial charge >= 0.3 is 0 Å². The molecule has 94 valence electrons. The van der Waals surface area contributed by atoms with E-state index in [1.54, 1.807) is 12.3 Å². The molecule has 0 N–H and O–H groups in total. The molecule has 0 aliphatic carbocycles. The normalized spacial score (nSPS) is 10.4. The maximum atomic E-state index is 13.5. The summed E-state index contributed by atoms with van der Waals surface area (Å²) in [5.41, 5.74) is 0.645. The molecule has 0 amide bonds. The van der Waals surface area contributed by atoms with Crippen LogP contribution in [0.3, 0.4) is 0 Å². The zero-order chi connectivity index (χ0) is 13.1. The number of hydrogen-bond acceptors (Lipinski definition) is 2. The lowest BCUT2D eigenvalue weighted by atomic mass is 10.2. The number of aromatic nitrogens is 1. The van der Waals surface area contributed by atoms with E-state index < -0.39 is 11.6 Å². The second-order valence-corrected chi connectivity index (χ2v) is 4.60. The van der Waals surface area contributed by atoms with Crippen molar-refractivity contribution in [3.63, 3.8) is 0 Å². The minimum absolute atomic E-state index is 0.190. The second-order valence-electron chi connectivity index (χ2n) is 3.42. The van der Waals surface area contributed by atoms with Gasteiger partial charge < -0.3 is 4.74 Å². The quantitative estimate of drug-likeness (QED) is 0.602. The summed E-state index contributed by atoms with van der Waals surface area (Å²) >= 11 is 8.78. The van der Waals surface area contributed by atoms with Crippen molar-refractivity contribution >= 4 is 27.5 Å². The molecule has 2 nitrogen and oxygen atoms in total. The standard InChI is InChI=1S/C12H7BrClF2NO/c13-8-3-9(15)12(16)10(4-8)18-11-6-17-2-1-7(11)5-14/h1-4,6H,5H2. The molecule has 1 aromatic carbocycles. The van der Waals surface area contributed by atoms with Crippen molar-refractivity contribution in [1.29, 1.82) is 0 Å². The Hall–Kier alpha value is -1.20. The van der Waals surface area contributed by atoms with Gasteiger partial charge in [-0.15, -0.1) is 11.6 Å². The summed E-state index contributed by atoms with van der Waals surface area (Å²) in [6.07, 6.45) is 2.94. The van der Waals surface area contributed by atoms with Crippen molar-refractivity contribution in [3.8, 4) is 11.5 Å². The Labute approximate surface area is 116 Å². The van der Waals surface area contributed by atoms with E-state index in [0.29, 0.717) is 15.8 Å². The maximum absolute atomic E-state index is 13.5. The van der Waals surface area contributed by atoms with Gasteiger partial charge in [0.1, 0.15) is 5.75 Å². The molecule has 0 radical (unpaired) electrons. The van der Waals surface area contributed by atoms with Crippen LogP contribution in [-0.4, -0.2) is 4.98 Å². The predicted molar refractivity (Wildman–Crippen MR) is 67.9 cm³/mol. The second kappa shape index (κ2) is 5.63. The summed E-state index contributed by atoms with van der Waals surface area (Å²) in [6, 6.07) is 4.01. The fraction of sp³-hybridized carbons (Fsp3) is 0.0833. The van der Waals surface area contributed by atoms with Crippen LogP contribution in [-0.2, 0) is 5.88 Å². The Morgan fingerprint density at radius 3 is 2.78 bits per heavy atom. The van der Waals surface area contributed by atoms with E-state index in [-0.39, 0.29) is 11.6 Å². The largest absolute Gasteiger partial charge is 0.452 e. The third kappa shape index (κ3) is 2.79. The summed E-state index contributed by atoms with van der Waals surface area (Å²) in [5.74, 6) is -1.78. The van der Waals surface area contributed by atoms with Gasteiger partial charge in [-0.25, -0.2) is 4.39 Å². The summed E-state index contributed by atoms with van der Waals surface area (Å²) in [7, 11) is 0. The van der Waals surface area contributed by atoms with E-state index >= 15 is 0 Å². The first kappa shape index (κ1) is 13.2. The molecule has 0 saturated heterocycles. The Morgan fingerprint density at radius 2 is 2.06 bits per heavy atom. The first-order chi connectivity index (χ1) is 8.61. The number of benzene rings is 1. The number of hydrogen-bond donors (Lipinski definition) is 0. The van der Waals surface area contributed by atoms with Gasteiger partial charge in [0.15, 0.2) is 11.6 Å². The fourth-order valence-corrected chi connectivity index (χ4v) is 1.97. The summed E-state index contributed by atoms with van der Waals surface area (Å²) in [6.45, 7) is 0. The summed E-state index contributed by atoms with van der Waals surface area (Å²) in [5, 5.41) is 0. The molecule has 18 heavy (non-hydrogen) atoms. The van der Waals surface area contributed by atoms with Crippen LogP contribution in [0, 0.1) is 11.6 Å². The smallest absolute Gasteiger partial charge is 0.201 e. The third-order valence-corrected chi connectivity index (χ3v) is 2.94. The van der Waals surface area contributed by atoms with Gasteiger partial charge in [0.2, 0.25) is 5.82 Å². The highest BCUT2D eigenvalue weighted by Gasteiger charge is 2.13. The molecule has 0 unspecified atom stereocenters. The van der Waals surface area contributed by atoms with Gasteiger partial charge in [-0.3, -0.25) is 4.98 Å². The highest BCUT2D eigenvalue weighted by Crippen LogP contribution is 2.31. The van der Waals surface area contributed by atoms with Crippen LogP contribution in [0.2, 0.25) is 0 Å².